The van der Waals surface area contributed by atoms with Gasteiger partial charge in [0.1, 0.15) is 11.6 Å². The van der Waals surface area contributed by atoms with E-state index in [0.717, 1.165) is 16.0 Å². The molecule has 1 aliphatic rings. The van der Waals surface area contributed by atoms with Crippen LogP contribution in [0, 0.1) is 0 Å². The predicted molar refractivity (Wildman–Crippen MR) is 56.1 cm³/mol. The van der Waals surface area contributed by atoms with Crippen LogP contribution in [-0.4, -0.2) is 15.8 Å². The van der Waals surface area contributed by atoms with E-state index in [1.165, 1.54) is 12.8 Å². The number of ketones is 1. The Kier molecular flexibility index (Phi) is 2.63. The molecule has 4 heteroatoms. The zero-order valence-corrected chi connectivity index (χ0v) is 9.54. The Labute approximate surface area is 91.1 Å². The number of hydrogen-bond donors (Lipinski definition) is 0. The third kappa shape index (κ3) is 2.18. The second-order valence-corrected chi connectivity index (χ2v) is 4.53. The van der Waals surface area contributed by atoms with Crippen LogP contribution in [0.15, 0.2) is 10.7 Å². The summed E-state index contributed by atoms with van der Waals surface area (Å²) in [6.45, 7) is 1.57. The lowest BCUT2D eigenvalue weighted by Gasteiger charge is -2.03. The minimum Gasteiger partial charge on any atom is -0.300 e. The number of rotatable bonds is 3. The summed E-state index contributed by atoms with van der Waals surface area (Å²) in [5, 5.41) is 0. The molecule has 0 atom stereocenters. The number of halogens is 1. The quantitative estimate of drug-likeness (QED) is 0.831. The molecule has 0 aromatic carbocycles. The lowest BCUT2D eigenvalue weighted by atomic mass is 10.2. The van der Waals surface area contributed by atoms with Crippen LogP contribution >= 0.6 is 15.9 Å². The first kappa shape index (κ1) is 9.77. The molecule has 0 bridgehead atoms. The van der Waals surface area contributed by atoms with Crippen molar-refractivity contribution in [2.45, 2.75) is 32.1 Å². The Morgan fingerprint density at radius 3 is 2.93 bits per heavy atom. The van der Waals surface area contributed by atoms with E-state index in [2.05, 4.69) is 25.9 Å². The summed E-state index contributed by atoms with van der Waals surface area (Å²) in [5.74, 6) is 1.56. The standard InChI is InChI=1S/C10H11BrN2O/c1-6(14)4-9-8(11)5-12-10(13-9)7-2-3-7/h5,7H,2-4H2,1H3. The molecule has 74 valence electrons. The van der Waals surface area contributed by atoms with Crippen molar-refractivity contribution in [1.82, 2.24) is 9.97 Å². The molecule has 3 nitrogen and oxygen atoms in total. The fraction of sp³-hybridized carbons (Fsp3) is 0.500. The van der Waals surface area contributed by atoms with Gasteiger partial charge in [0.25, 0.3) is 0 Å². The van der Waals surface area contributed by atoms with Gasteiger partial charge in [-0.05, 0) is 35.7 Å². The van der Waals surface area contributed by atoms with E-state index in [0.29, 0.717) is 12.3 Å². The maximum atomic E-state index is 11.0. The van der Waals surface area contributed by atoms with Gasteiger partial charge in [-0.3, -0.25) is 4.79 Å². The van der Waals surface area contributed by atoms with Crippen molar-refractivity contribution < 1.29 is 4.79 Å². The lowest BCUT2D eigenvalue weighted by molar-refractivity contribution is -0.116. The lowest BCUT2D eigenvalue weighted by Crippen LogP contribution is -2.04. The van der Waals surface area contributed by atoms with Crippen LogP contribution in [0.5, 0.6) is 0 Å². The number of carbonyl (C=O) groups excluding carboxylic acids is 1. The van der Waals surface area contributed by atoms with Gasteiger partial charge in [0, 0.05) is 18.5 Å². The van der Waals surface area contributed by atoms with Crippen LogP contribution in [0.2, 0.25) is 0 Å². The monoisotopic (exact) mass is 254 g/mol. The van der Waals surface area contributed by atoms with Gasteiger partial charge in [0.15, 0.2) is 0 Å². The molecule has 2 rings (SSSR count). The Morgan fingerprint density at radius 1 is 1.64 bits per heavy atom. The first-order chi connectivity index (χ1) is 6.66. The molecule has 0 N–H and O–H groups in total. The van der Waals surface area contributed by atoms with Crippen molar-refractivity contribution in [3.05, 3.63) is 22.2 Å². The Hall–Kier alpha value is -0.770. The van der Waals surface area contributed by atoms with E-state index in [1.807, 2.05) is 0 Å². The molecule has 0 saturated heterocycles. The van der Waals surface area contributed by atoms with Crippen LogP contribution in [0.4, 0.5) is 0 Å². The van der Waals surface area contributed by atoms with Gasteiger partial charge in [0.05, 0.1) is 10.2 Å². The molecule has 0 amide bonds. The summed E-state index contributed by atoms with van der Waals surface area (Å²) in [7, 11) is 0. The van der Waals surface area contributed by atoms with Crippen LogP contribution in [-0.2, 0) is 11.2 Å². The highest BCUT2D eigenvalue weighted by Gasteiger charge is 2.27. The molecular weight excluding hydrogens is 244 g/mol. The predicted octanol–water partition coefficient (Wildman–Crippen LogP) is 2.25. The zero-order valence-electron chi connectivity index (χ0n) is 7.96. The van der Waals surface area contributed by atoms with Gasteiger partial charge in [0.2, 0.25) is 0 Å². The fourth-order valence-electron chi connectivity index (χ4n) is 1.32. The molecule has 1 aromatic rings. The molecule has 1 heterocycles. The minimum atomic E-state index is 0.131. The van der Waals surface area contributed by atoms with Crippen molar-refractivity contribution in [3.63, 3.8) is 0 Å². The second-order valence-electron chi connectivity index (χ2n) is 3.68. The average Bonchev–Trinajstić information content (AvgIpc) is 2.91. The average molecular weight is 255 g/mol. The van der Waals surface area contributed by atoms with Crippen LogP contribution in [0.1, 0.15) is 37.2 Å². The van der Waals surface area contributed by atoms with Gasteiger partial charge in [-0.1, -0.05) is 0 Å². The second kappa shape index (κ2) is 3.77. The fourth-order valence-corrected chi connectivity index (χ4v) is 1.65. The summed E-state index contributed by atoms with van der Waals surface area (Å²) >= 11 is 3.35. The summed E-state index contributed by atoms with van der Waals surface area (Å²) in [5.41, 5.74) is 0.814. The molecule has 1 saturated carbocycles. The van der Waals surface area contributed by atoms with Crippen molar-refractivity contribution in [2.75, 3.05) is 0 Å². The third-order valence-corrected chi connectivity index (χ3v) is 2.86. The smallest absolute Gasteiger partial charge is 0.135 e. The van der Waals surface area contributed by atoms with Crippen LogP contribution in [0.25, 0.3) is 0 Å². The summed E-state index contributed by atoms with van der Waals surface area (Å²) in [6, 6.07) is 0. The van der Waals surface area contributed by atoms with Crippen molar-refractivity contribution in [2.24, 2.45) is 0 Å². The number of hydrogen-bond acceptors (Lipinski definition) is 3. The molecule has 0 aliphatic heterocycles. The van der Waals surface area contributed by atoms with Crippen molar-refractivity contribution in [1.29, 1.82) is 0 Å². The molecule has 1 aromatic heterocycles. The van der Waals surface area contributed by atoms with E-state index in [-0.39, 0.29) is 5.78 Å². The van der Waals surface area contributed by atoms with Crippen LogP contribution in [0.3, 0.4) is 0 Å². The maximum absolute atomic E-state index is 11.0. The van der Waals surface area contributed by atoms with Crippen LogP contribution < -0.4 is 0 Å². The summed E-state index contributed by atoms with van der Waals surface area (Å²) in [4.78, 5) is 19.6. The highest BCUT2D eigenvalue weighted by Crippen LogP contribution is 2.38. The van der Waals surface area contributed by atoms with E-state index in [4.69, 9.17) is 0 Å². The molecule has 1 aliphatic carbocycles. The van der Waals surface area contributed by atoms with E-state index < -0.39 is 0 Å². The minimum absolute atomic E-state index is 0.131. The van der Waals surface area contributed by atoms with Gasteiger partial charge in [-0.25, -0.2) is 9.97 Å². The molecule has 0 spiro atoms. The van der Waals surface area contributed by atoms with Gasteiger partial charge in [-0.15, -0.1) is 0 Å². The van der Waals surface area contributed by atoms with E-state index in [1.54, 1.807) is 13.1 Å². The Morgan fingerprint density at radius 2 is 2.36 bits per heavy atom. The number of carbonyl (C=O) groups is 1. The molecular formula is C10H11BrN2O. The van der Waals surface area contributed by atoms with E-state index in [9.17, 15) is 4.79 Å². The van der Waals surface area contributed by atoms with Gasteiger partial charge in [-0.2, -0.15) is 0 Å². The molecule has 0 unspecified atom stereocenters. The first-order valence-corrected chi connectivity index (χ1v) is 5.47. The molecule has 0 radical (unpaired) electrons. The Balaban J connectivity index is 2.26. The molecule has 14 heavy (non-hydrogen) atoms. The largest absolute Gasteiger partial charge is 0.300 e. The number of nitrogens with zero attached hydrogens (tertiary/aromatic N) is 2. The van der Waals surface area contributed by atoms with Gasteiger partial charge >= 0.3 is 0 Å². The van der Waals surface area contributed by atoms with E-state index >= 15 is 0 Å². The third-order valence-electron chi connectivity index (χ3n) is 2.19. The summed E-state index contributed by atoms with van der Waals surface area (Å²) < 4.78 is 0.831. The topological polar surface area (TPSA) is 42.9 Å². The highest BCUT2D eigenvalue weighted by atomic mass is 79.9. The first-order valence-electron chi connectivity index (χ1n) is 4.67. The highest BCUT2D eigenvalue weighted by molar-refractivity contribution is 9.10. The summed E-state index contributed by atoms with van der Waals surface area (Å²) in [6.07, 6.45) is 4.50. The Bertz CT molecular complexity index is 374. The number of Topliss-reactive ketones (excluding diaryl/α,β-unsaturated/α-hetero) is 1. The molecule has 1 fully saturated rings. The zero-order chi connectivity index (χ0) is 10.1. The van der Waals surface area contributed by atoms with Gasteiger partial charge < -0.3 is 0 Å². The number of aromatic nitrogens is 2. The maximum Gasteiger partial charge on any atom is 0.135 e. The van der Waals surface area contributed by atoms with Crippen molar-refractivity contribution >= 4 is 21.7 Å². The SMILES string of the molecule is CC(=O)Cc1nc(C2CC2)ncc1Br. The normalized spacial score (nSPS) is 15.6. The van der Waals surface area contributed by atoms with Crippen molar-refractivity contribution in [3.8, 4) is 0 Å².